The fourth-order valence-electron chi connectivity index (χ4n) is 3.31. The van der Waals surface area contributed by atoms with Crippen LogP contribution in [0.1, 0.15) is 53.1 Å². The lowest BCUT2D eigenvalue weighted by Gasteiger charge is -2.29. The largest absolute Gasteiger partial charge is 0.348 e. The Hall–Kier alpha value is -2.47. The highest BCUT2D eigenvalue weighted by Gasteiger charge is 2.44. The first-order chi connectivity index (χ1) is 12.8. The molecule has 0 aromatic heterocycles. The molecule has 1 N–H and O–H groups in total. The van der Waals surface area contributed by atoms with Gasteiger partial charge in [-0.3, -0.25) is 19.3 Å². The Labute approximate surface area is 166 Å². The minimum atomic E-state index is -0.865. The van der Waals surface area contributed by atoms with Crippen LogP contribution in [0.15, 0.2) is 53.0 Å². The Balaban J connectivity index is 1.84. The molecule has 0 saturated heterocycles. The number of nitrogens with one attached hydrogen (secondary N) is 1. The molecule has 140 valence electrons. The van der Waals surface area contributed by atoms with Gasteiger partial charge in [-0.05, 0) is 42.7 Å². The molecule has 0 bridgehead atoms. The lowest BCUT2D eigenvalue weighted by Crippen LogP contribution is -2.52. The number of amides is 3. The van der Waals surface area contributed by atoms with E-state index in [1.807, 2.05) is 45.0 Å². The molecular weight excluding hydrogens is 408 g/mol. The Kier molecular flexibility index (Phi) is 5.46. The van der Waals surface area contributed by atoms with Gasteiger partial charge in [0.1, 0.15) is 6.04 Å². The van der Waals surface area contributed by atoms with E-state index in [4.69, 9.17) is 0 Å². The van der Waals surface area contributed by atoms with Gasteiger partial charge in [-0.1, -0.05) is 54.0 Å². The summed E-state index contributed by atoms with van der Waals surface area (Å²) in [6, 6.07) is 13.2. The van der Waals surface area contributed by atoms with Gasteiger partial charge in [0.15, 0.2) is 0 Å². The number of hydrogen-bond donors (Lipinski definition) is 1. The van der Waals surface area contributed by atoms with E-state index >= 15 is 0 Å². The highest BCUT2D eigenvalue weighted by atomic mass is 79.9. The van der Waals surface area contributed by atoms with Crippen molar-refractivity contribution in [3.8, 4) is 0 Å². The second-order valence-corrected chi connectivity index (χ2v) is 7.91. The summed E-state index contributed by atoms with van der Waals surface area (Å²) in [6.45, 7) is 5.54. The standard InChI is InChI=1S/C21H21BrN2O3/c1-12(2)18(19(25)23-13(3)14-8-10-15(22)11-9-14)24-20(26)16-6-4-5-7-17(16)21(24)27/h4-13,18H,1-3H3,(H,23,25). The predicted molar refractivity (Wildman–Crippen MR) is 106 cm³/mol. The van der Waals surface area contributed by atoms with E-state index in [0.29, 0.717) is 11.1 Å². The van der Waals surface area contributed by atoms with Gasteiger partial charge in [-0.15, -0.1) is 0 Å². The highest BCUT2D eigenvalue weighted by molar-refractivity contribution is 9.10. The molecule has 2 atom stereocenters. The summed E-state index contributed by atoms with van der Waals surface area (Å²) in [6.07, 6.45) is 0. The smallest absolute Gasteiger partial charge is 0.262 e. The van der Waals surface area contributed by atoms with Gasteiger partial charge in [-0.2, -0.15) is 0 Å². The zero-order chi connectivity index (χ0) is 19.7. The molecule has 1 aliphatic rings. The molecule has 0 spiro atoms. The van der Waals surface area contributed by atoms with Crippen molar-refractivity contribution in [3.63, 3.8) is 0 Å². The zero-order valence-corrected chi connectivity index (χ0v) is 17.0. The quantitative estimate of drug-likeness (QED) is 0.733. The molecule has 0 saturated carbocycles. The molecule has 2 unspecified atom stereocenters. The summed E-state index contributed by atoms with van der Waals surface area (Å²) in [4.78, 5) is 39.6. The summed E-state index contributed by atoms with van der Waals surface area (Å²) in [5.41, 5.74) is 1.64. The van der Waals surface area contributed by atoms with E-state index in [-0.39, 0.29) is 17.9 Å². The van der Waals surface area contributed by atoms with E-state index in [9.17, 15) is 14.4 Å². The van der Waals surface area contributed by atoms with Crippen LogP contribution < -0.4 is 5.32 Å². The van der Waals surface area contributed by atoms with Crippen molar-refractivity contribution in [1.29, 1.82) is 0 Å². The van der Waals surface area contributed by atoms with Gasteiger partial charge < -0.3 is 5.32 Å². The molecule has 1 aliphatic heterocycles. The zero-order valence-electron chi connectivity index (χ0n) is 15.4. The fraction of sp³-hybridized carbons (Fsp3) is 0.286. The third-order valence-corrected chi connectivity index (χ3v) is 5.26. The second-order valence-electron chi connectivity index (χ2n) is 7.00. The molecule has 2 aromatic rings. The number of nitrogens with zero attached hydrogens (tertiary/aromatic N) is 1. The summed E-state index contributed by atoms with van der Waals surface area (Å²) in [5, 5.41) is 2.94. The van der Waals surface area contributed by atoms with E-state index in [1.54, 1.807) is 24.3 Å². The van der Waals surface area contributed by atoms with Gasteiger partial charge in [0.2, 0.25) is 5.91 Å². The average molecular weight is 429 g/mol. The molecule has 0 radical (unpaired) electrons. The maximum atomic E-state index is 13.0. The van der Waals surface area contributed by atoms with Crippen molar-refractivity contribution in [2.75, 3.05) is 0 Å². The molecule has 27 heavy (non-hydrogen) atoms. The van der Waals surface area contributed by atoms with Crippen molar-refractivity contribution < 1.29 is 14.4 Å². The van der Waals surface area contributed by atoms with Crippen LogP contribution in [-0.4, -0.2) is 28.7 Å². The van der Waals surface area contributed by atoms with Gasteiger partial charge in [0.05, 0.1) is 17.2 Å². The minimum Gasteiger partial charge on any atom is -0.348 e. The van der Waals surface area contributed by atoms with Crippen LogP contribution >= 0.6 is 15.9 Å². The van der Waals surface area contributed by atoms with Crippen LogP contribution in [0.5, 0.6) is 0 Å². The first-order valence-corrected chi connectivity index (χ1v) is 9.63. The van der Waals surface area contributed by atoms with Crippen molar-refractivity contribution in [2.45, 2.75) is 32.9 Å². The van der Waals surface area contributed by atoms with Gasteiger partial charge >= 0.3 is 0 Å². The Morgan fingerprint density at radius 3 is 1.93 bits per heavy atom. The Morgan fingerprint density at radius 2 is 1.44 bits per heavy atom. The number of hydrogen-bond acceptors (Lipinski definition) is 3. The number of rotatable bonds is 5. The maximum absolute atomic E-state index is 13.0. The lowest BCUT2D eigenvalue weighted by atomic mass is 10.00. The van der Waals surface area contributed by atoms with Gasteiger partial charge in [0.25, 0.3) is 11.8 Å². The van der Waals surface area contributed by atoms with Crippen molar-refractivity contribution in [1.82, 2.24) is 10.2 Å². The third-order valence-electron chi connectivity index (χ3n) is 4.73. The second kappa shape index (κ2) is 7.64. The van der Waals surface area contributed by atoms with E-state index in [2.05, 4.69) is 21.2 Å². The number of carbonyl (C=O) groups excluding carboxylic acids is 3. The van der Waals surface area contributed by atoms with Crippen molar-refractivity contribution in [3.05, 3.63) is 69.7 Å². The van der Waals surface area contributed by atoms with E-state index in [1.165, 1.54) is 0 Å². The fourth-order valence-corrected chi connectivity index (χ4v) is 3.58. The van der Waals surface area contributed by atoms with Crippen LogP contribution in [0.3, 0.4) is 0 Å². The Morgan fingerprint density at radius 1 is 0.926 bits per heavy atom. The number of fused-ring (bicyclic) bond motifs is 1. The molecule has 3 rings (SSSR count). The summed E-state index contributed by atoms with van der Waals surface area (Å²) in [5.74, 6) is -1.39. The molecule has 3 amide bonds. The van der Waals surface area contributed by atoms with Crippen LogP contribution in [0.4, 0.5) is 0 Å². The number of benzene rings is 2. The number of halogens is 1. The van der Waals surface area contributed by atoms with Crippen LogP contribution in [0.2, 0.25) is 0 Å². The molecule has 1 heterocycles. The topological polar surface area (TPSA) is 66.5 Å². The van der Waals surface area contributed by atoms with Gasteiger partial charge in [0, 0.05) is 4.47 Å². The number of imide groups is 1. The van der Waals surface area contributed by atoms with E-state index < -0.39 is 17.9 Å². The van der Waals surface area contributed by atoms with Crippen LogP contribution in [-0.2, 0) is 4.79 Å². The molecule has 0 aliphatic carbocycles. The van der Waals surface area contributed by atoms with Crippen molar-refractivity contribution >= 4 is 33.7 Å². The first-order valence-electron chi connectivity index (χ1n) is 8.84. The third kappa shape index (κ3) is 3.67. The van der Waals surface area contributed by atoms with Gasteiger partial charge in [-0.25, -0.2) is 0 Å². The molecule has 6 heteroatoms. The monoisotopic (exact) mass is 428 g/mol. The molecule has 0 fully saturated rings. The van der Waals surface area contributed by atoms with E-state index in [0.717, 1.165) is 14.9 Å². The SMILES string of the molecule is CC(NC(=O)C(C(C)C)N1C(=O)c2ccccc2C1=O)c1ccc(Br)cc1. The van der Waals surface area contributed by atoms with Crippen LogP contribution in [0.25, 0.3) is 0 Å². The summed E-state index contributed by atoms with van der Waals surface area (Å²) >= 11 is 3.39. The maximum Gasteiger partial charge on any atom is 0.262 e. The van der Waals surface area contributed by atoms with Crippen LogP contribution in [0, 0.1) is 5.92 Å². The number of carbonyl (C=O) groups is 3. The Bertz CT molecular complexity index is 858. The normalized spacial score (nSPS) is 15.7. The highest BCUT2D eigenvalue weighted by Crippen LogP contribution is 2.27. The first kappa shape index (κ1) is 19.3. The molecule has 5 nitrogen and oxygen atoms in total. The lowest BCUT2D eigenvalue weighted by molar-refractivity contribution is -0.127. The molecule has 2 aromatic carbocycles. The predicted octanol–water partition coefficient (Wildman–Crippen LogP) is 3.95. The van der Waals surface area contributed by atoms with Crippen molar-refractivity contribution in [2.24, 2.45) is 5.92 Å². The summed E-state index contributed by atoms with van der Waals surface area (Å²) < 4.78 is 0.954. The summed E-state index contributed by atoms with van der Waals surface area (Å²) in [7, 11) is 0. The molecular formula is C21H21BrN2O3. The average Bonchev–Trinajstić information content (AvgIpc) is 2.88. The minimum absolute atomic E-state index is 0.218.